The first-order valence-corrected chi connectivity index (χ1v) is 8.02. The smallest absolute Gasteiger partial charge is 0.460 e. The van der Waals surface area contributed by atoms with Crippen molar-refractivity contribution >= 4 is 17.6 Å². The molecule has 188 valence electrons. The van der Waals surface area contributed by atoms with Gasteiger partial charge in [-0.1, -0.05) is 19.8 Å². The van der Waals surface area contributed by atoms with Gasteiger partial charge in [-0.05, 0) is 6.42 Å². The Morgan fingerprint density at radius 1 is 0.645 bits per heavy atom. The Morgan fingerprint density at radius 3 is 1.19 bits per heavy atom. The van der Waals surface area contributed by atoms with E-state index >= 15 is 0 Å². The Bertz CT molecular complexity index is 596. The quantitative estimate of drug-likeness (QED) is 0.205. The number of carboxylic acids is 1. The molecule has 0 aliphatic rings. The van der Waals surface area contributed by atoms with Gasteiger partial charge in [0.1, 0.15) is 0 Å². The van der Waals surface area contributed by atoms with Crippen LogP contribution in [0.25, 0.3) is 0 Å². The number of alkyl halides is 16. The first kappa shape index (κ1) is 31.9. The Labute approximate surface area is 168 Å². The third-order valence-electron chi connectivity index (χ3n) is 3.33. The van der Waals surface area contributed by atoms with E-state index in [1.807, 2.05) is 0 Å². The molecule has 0 heterocycles. The summed E-state index contributed by atoms with van der Waals surface area (Å²) in [7, 11) is 0. The lowest BCUT2D eigenvalue weighted by Gasteiger charge is -2.40. The van der Waals surface area contributed by atoms with E-state index in [-0.39, 0.29) is 0 Å². The van der Waals surface area contributed by atoms with Crippen molar-refractivity contribution in [2.75, 3.05) is 5.88 Å². The molecule has 1 N–H and O–H groups in total. The normalized spacial score (nSPS) is 14.7. The molecule has 0 aliphatic carbocycles. The van der Waals surface area contributed by atoms with Gasteiger partial charge in [-0.25, -0.2) is 4.79 Å². The van der Waals surface area contributed by atoms with Crippen LogP contribution in [0.1, 0.15) is 26.2 Å². The minimum absolute atomic E-state index is 0.827. The molecule has 0 bridgehead atoms. The summed E-state index contributed by atoms with van der Waals surface area (Å²) in [5.41, 5.74) is 0. The number of carbonyl (C=O) groups is 1. The fourth-order valence-electron chi connectivity index (χ4n) is 1.45. The van der Waals surface area contributed by atoms with Crippen LogP contribution in [-0.4, -0.2) is 58.7 Å². The van der Waals surface area contributed by atoms with Gasteiger partial charge in [0.2, 0.25) is 0 Å². The second kappa shape index (κ2) is 9.68. The molecule has 0 amide bonds. The molecule has 0 radical (unpaired) electrons. The predicted molar refractivity (Wildman–Crippen MR) is 73.6 cm³/mol. The van der Waals surface area contributed by atoms with Crippen molar-refractivity contribution in [3.8, 4) is 0 Å². The van der Waals surface area contributed by atoms with Crippen LogP contribution in [0.5, 0.6) is 0 Å². The maximum Gasteiger partial charge on any atom is 0.460 e. The standard InChI is InChI=1S/C8HF15O2.C5H11Cl/c9-2(10,1(24)25)3(11,12)4(13,14)5(15,16)6(17,18)7(19,20)8(21,22)23;1-2-3-4-5-6/h(H,24,25);2-5H2,1H3. The van der Waals surface area contributed by atoms with E-state index in [4.69, 9.17) is 16.7 Å². The SMILES string of the molecule is CCCCCCl.O=C(O)C(F)(F)C(F)(F)C(F)(F)C(F)(F)C(F)(F)C(F)(F)C(F)(F)F. The summed E-state index contributed by atoms with van der Waals surface area (Å²) in [4.78, 5) is 9.72. The summed E-state index contributed by atoms with van der Waals surface area (Å²) < 4.78 is 187. The lowest BCUT2D eigenvalue weighted by Crippen LogP contribution is -2.73. The largest absolute Gasteiger partial charge is 0.477 e. The molecule has 2 nitrogen and oxygen atoms in total. The van der Waals surface area contributed by atoms with Crippen molar-refractivity contribution in [1.82, 2.24) is 0 Å². The average Bonchev–Trinajstić information content (AvgIpc) is 2.58. The summed E-state index contributed by atoms with van der Waals surface area (Å²) in [6.07, 6.45) is -3.96. The van der Waals surface area contributed by atoms with Crippen LogP contribution in [-0.2, 0) is 4.79 Å². The van der Waals surface area contributed by atoms with Crippen LogP contribution in [0.15, 0.2) is 0 Å². The molecule has 0 aromatic heterocycles. The van der Waals surface area contributed by atoms with Gasteiger partial charge in [0.25, 0.3) is 0 Å². The van der Waals surface area contributed by atoms with Crippen molar-refractivity contribution in [1.29, 1.82) is 0 Å². The van der Waals surface area contributed by atoms with E-state index in [0.29, 0.717) is 0 Å². The third-order valence-corrected chi connectivity index (χ3v) is 3.60. The van der Waals surface area contributed by atoms with Gasteiger partial charge in [-0.3, -0.25) is 0 Å². The summed E-state index contributed by atoms with van der Waals surface area (Å²) in [6, 6.07) is 0. The topological polar surface area (TPSA) is 37.3 Å². The molecular weight excluding hydrogens is 509 g/mol. The minimum atomic E-state index is -8.47. The highest BCUT2D eigenvalue weighted by Crippen LogP contribution is 2.62. The molecule has 0 saturated heterocycles. The second-order valence-electron chi connectivity index (χ2n) is 5.65. The van der Waals surface area contributed by atoms with Crippen molar-refractivity contribution in [2.45, 2.75) is 67.9 Å². The molecule has 0 atom stereocenters. The van der Waals surface area contributed by atoms with Gasteiger partial charge in [0.15, 0.2) is 0 Å². The van der Waals surface area contributed by atoms with Gasteiger partial charge in [0, 0.05) is 5.88 Å². The molecule has 31 heavy (non-hydrogen) atoms. The fourth-order valence-corrected chi connectivity index (χ4v) is 1.63. The Balaban J connectivity index is 0. The van der Waals surface area contributed by atoms with Gasteiger partial charge in [-0.2, -0.15) is 65.9 Å². The molecule has 0 fully saturated rings. The highest BCUT2D eigenvalue weighted by molar-refractivity contribution is 6.17. The molecule has 0 rings (SSSR count). The highest BCUT2D eigenvalue weighted by atomic mass is 35.5. The summed E-state index contributed by atoms with van der Waals surface area (Å²) in [5.74, 6) is -52.0. The predicted octanol–water partition coefficient (Wildman–Crippen LogP) is 6.86. The highest BCUT2D eigenvalue weighted by Gasteiger charge is 2.94. The third kappa shape index (κ3) is 5.38. The van der Waals surface area contributed by atoms with E-state index < -0.39 is 47.7 Å². The lowest BCUT2D eigenvalue weighted by molar-refractivity contribution is -0.450. The number of halogens is 16. The molecule has 0 aliphatic heterocycles. The van der Waals surface area contributed by atoms with E-state index in [1.165, 1.54) is 19.3 Å². The molecule has 0 aromatic rings. The van der Waals surface area contributed by atoms with Crippen LogP contribution in [0, 0.1) is 0 Å². The first-order valence-electron chi connectivity index (χ1n) is 7.49. The molecule has 0 unspecified atom stereocenters. The summed E-state index contributed by atoms with van der Waals surface area (Å²) in [5, 5.41) is 7.57. The van der Waals surface area contributed by atoms with E-state index in [0.717, 1.165) is 5.88 Å². The number of hydrogen-bond acceptors (Lipinski definition) is 1. The van der Waals surface area contributed by atoms with Gasteiger partial charge >= 0.3 is 47.7 Å². The zero-order valence-corrected chi connectivity index (χ0v) is 15.5. The fraction of sp³-hybridized carbons (Fsp3) is 0.923. The van der Waals surface area contributed by atoms with Crippen molar-refractivity contribution in [2.24, 2.45) is 0 Å². The molecule has 0 saturated carbocycles. The van der Waals surface area contributed by atoms with Gasteiger partial charge in [0.05, 0.1) is 0 Å². The Morgan fingerprint density at radius 2 is 0.968 bits per heavy atom. The van der Waals surface area contributed by atoms with Crippen LogP contribution in [0.3, 0.4) is 0 Å². The van der Waals surface area contributed by atoms with Crippen molar-refractivity contribution < 1.29 is 75.8 Å². The van der Waals surface area contributed by atoms with Crippen LogP contribution in [0.4, 0.5) is 65.9 Å². The Hall–Kier alpha value is -1.29. The monoisotopic (exact) mass is 520 g/mol. The molecule has 0 aromatic carbocycles. The second-order valence-corrected chi connectivity index (χ2v) is 6.02. The van der Waals surface area contributed by atoms with Crippen LogP contribution >= 0.6 is 11.6 Å². The number of hydrogen-bond donors (Lipinski definition) is 1. The van der Waals surface area contributed by atoms with E-state index in [1.54, 1.807) is 0 Å². The number of unbranched alkanes of at least 4 members (excludes halogenated alkanes) is 2. The molecule has 18 heteroatoms. The number of rotatable bonds is 9. The maximum absolute atomic E-state index is 12.8. The summed E-state index contributed by atoms with van der Waals surface area (Å²) in [6.45, 7) is 2.17. The van der Waals surface area contributed by atoms with Crippen molar-refractivity contribution in [3.05, 3.63) is 0 Å². The Kier molecular flexibility index (Phi) is 9.96. The zero-order chi connectivity index (χ0) is 25.9. The van der Waals surface area contributed by atoms with Crippen LogP contribution < -0.4 is 0 Å². The minimum Gasteiger partial charge on any atom is -0.477 e. The van der Waals surface area contributed by atoms with Gasteiger partial charge in [-0.15, -0.1) is 11.6 Å². The number of aliphatic carboxylic acids is 1. The lowest BCUT2D eigenvalue weighted by atomic mass is 9.91. The molecular formula is C13H12ClF15O2. The first-order chi connectivity index (χ1) is 13.4. The molecule has 0 spiro atoms. The average molecular weight is 521 g/mol. The van der Waals surface area contributed by atoms with Crippen LogP contribution in [0.2, 0.25) is 0 Å². The van der Waals surface area contributed by atoms with E-state index in [2.05, 4.69) is 6.92 Å². The summed E-state index contributed by atoms with van der Waals surface area (Å²) >= 11 is 5.38. The van der Waals surface area contributed by atoms with E-state index in [9.17, 15) is 70.7 Å². The van der Waals surface area contributed by atoms with Crippen molar-refractivity contribution in [3.63, 3.8) is 0 Å². The number of carboxylic acid groups (broad SMARTS) is 1. The maximum atomic E-state index is 12.8. The van der Waals surface area contributed by atoms with Gasteiger partial charge < -0.3 is 5.11 Å². The zero-order valence-electron chi connectivity index (χ0n) is 14.7.